The fraction of sp³-hybridized carbons (Fsp3) is 0.588. The van der Waals surface area contributed by atoms with Gasteiger partial charge in [0.15, 0.2) is 0 Å². The van der Waals surface area contributed by atoms with Crippen LogP contribution in [-0.4, -0.2) is 24.3 Å². The Morgan fingerprint density at radius 2 is 1.87 bits per heavy atom. The number of halogens is 2. The van der Waals surface area contributed by atoms with E-state index in [0.717, 1.165) is 18.9 Å². The van der Waals surface area contributed by atoms with Gasteiger partial charge >= 0.3 is 6.09 Å². The summed E-state index contributed by atoms with van der Waals surface area (Å²) in [5.41, 5.74) is 0.0107. The van der Waals surface area contributed by atoms with Crippen molar-refractivity contribution < 1.29 is 18.3 Å². The standard InChI is InChI=1S/C17H24F2N2O2/c1-17(2,3)23-16(22)21-10-15(12-4-5-12)20-9-11-6-13(18)8-14(19)7-11/h6-8,12,15,20H,4-5,9-10H2,1-3H3,(H,21,22). The van der Waals surface area contributed by atoms with E-state index in [9.17, 15) is 13.6 Å². The second-order valence-electron chi connectivity index (χ2n) is 6.99. The Morgan fingerprint density at radius 1 is 1.26 bits per heavy atom. The number of alkyl carbamates (subject to hydrolysis) is 1. The quantitative estimate of drug-likeness (QED) is 0.843. The summed E-state index contributed by atoms with van der Waals surface area (Å²) in [6, 6.07) is 3.53. The summed E-state index contributed by atoms with van der Waals surface area (Å²) in [5.74, 6) is -0.698. The summed E-state index contributed by atoms with van der Waals surface area (Å²) in [7, 11) is 0. The first-order chi connectivity index (χ1) is 10.7. The maximum absolute atomic E-state index is 13.2. The topological polar surface area (TPSA) is 50.4 Å². The number of carbonyl (C=O) groups excluding carboxylic acids is 1. The maximum Gasteiger partial charge on any atom is 0.407 e. The van der Waals surface area contributed by atoms with E-state index in [1.54, 1.807) is 0 Å². The molecule has 1 atom stereocenters. The first-order valence-corrected chi connectivity index (χ1v) is 7.88. The molecule has 2 N–H and O–H groups in total. The molecule has 1 fully saturated rings. The van der Waals surface area contributed by atoms with Crippen molar-refractivity contribution in [2.45, 2.75) is 51.8 Å². The molecule has 4 nitrogen and oxygen atoms in total. The molecule has 0 saturated heterocycles. The van der Waals surface area contributed by atoms with E-state index in [1.807, 2.05) is 20.8 Å². The summed E-state index contributed by atoms with van der Waals surface area (Å²) in [4.78, 5) is 11.7. The normalized spacial score (nSPS) is 16.0. The van der Waals surface area contributed by atoms with Crippen LogP contribution < -0.4 is 10.6 Å². The van der Waals surface area contributed by atoms with Crippen molar-refractivity contribution in [3.8, 4) is 0 Å². The van der Waals surface area contributed by atoms with Gasteiger partial charge in [-0.3, -0.25) is 0 Å². The molecule has 1 aliphatic rings. The van der Waals surface area contributed by atoms with Crippen molar-refractivity contribution in [3.05, 3.63) is 35.4 Å². The molecule has 0 spiro atoms. The second-order valence-corrected chi connectivity index (χ2v) is 6.99. The molecule has 1 saturated carbocycles. The molecule has 0 bridgehead atoms. The molecule has 0 aromatic heterocycles. The minimum atomic E-state index is -0.586. The predicted molar refractivity (Wildman–Crippen MR) is 83.9 cm³/mol. The molecule has 1 unspecified atom stereocenters. The van der Waals surface area contributed by atoms with E-state index in [2.05, 4.69) is 10.6 Å². The maximum atomic E-state index is 13.2. The Labute approximate surface area is 135 Å². The van der Waals surface area contributed by atoms with Gasteiger partial charge in [-0.1, -0.05) is 0 Å². The first-order valence-electron chi connectivity index (χ1n) is 7.88. The van der Waals surface area contributed by atoms with Gasteiger partial charge in [-0.2, -0.15) is 0 Å². The van der Waals surface area contributed by atoms with Crippen LogP contribution in [0.5, 0.6) is 0 Å². The van der Waals surface area contributed by atoms with Gasteiger partial charge in [0, 0.05) is 25.2 Å². The number of ether oxygens (including phenoxy) is 1. The third-order valence-electron chi connectivity index (χ3n) is 3.55. The first kappa shape index (κ1) is 17.7. The number of carbonyl (C=O) groups is 1. The molecular weight excluding hydrogens is 302 g/mol. The molecule has 6 heteroatoms. The number of amides is 1. The lowest BCUT2D eigenvalue weighted by atomic mass is 10.1. The highest BCUT2D eigenvalue weighted by Gasteiger charge is 2.31. The van der Waals surface area contributed by atoms with E-state index < -0.39 is 23.3 Å². The average molecular weight is 326 g/mol. The molecule has 0 aliphatic heterocycles. The minimum absolute atomic E-state index is 0.0637. The van der Waals surface area contributed by atoms with Crippen LogP contribution in [0.4, 0.5) is 13.6 Å². The van der Waals surface area contributed by atoms with Crippen LogP contribution in [0.2, 0.25) is 0 Å². The minimum Gasteiger partial charge on any atom is -0.444 e. The van der Waals surface area contributed by atoms with Gasteiger partial charge in [-0.05, 0) is 57.2 Å². The number of nitrogens with one attached hydrogen (secondary N) is 2. The Hall–Kier alpha value is -1.69. The molecule has 128 valence electrons. The van der Waals surface area contributed by atoms with E-state index in [1.165, 1.54) is 12.1 Å². The summed E-state index contributed by atoms with van der Waals surface area (Å²) < 4.78 is 31.6. The van der Waals surface area contributed by atoms with E-state index in [-0.39, 0.29) is 6.04 Å². The van der Waals surface area contributed by atoms with E-state index in [4.69, 9.17) is 4.74 Å². The highest BCUT2D eigenvalue weighted by molar-refractivity contribution is 5.67. The molecule has 0 heterocycles. The van der Waals surface area contributed by atoms with Crippen LogP contribution in [0.3, 0.4) is 0 Å². The van der Waals surface area contributed by atoms with Crippen LogP contribution in [0, 0.1) is 17.6 Å². The van der Waals surface area contributed by atoms with E-state index in [0.29, 0.717) is 24.6 Å². The summed E-state index contributed by atoms with van der Waals surface area (Å²) >= 11 is 0. The lowest BCUT2D eigenvalue weighted by molar-refractivity contribution is 0.0521. The predicted octanol–water partition coefficient (Wildman–Crippen LogP) is 3.36. The molecule has 1 aromatic rings. The van der Waals surface area contributed by atoms with Gasteiger partial charge in [0.05, 0.1) is 0 Å². The van der Waals surface area contributed by atoms with Gasteiger partial charge in [0.25, 0.3) is 0 Å². The monoisotopic (exact) mass is 326 g/mol. The molecule has 1 amide bonds. The number of benzene rings is 1. The van der Waals surface area contributed by atoms with Crippen LogP contribution in [0.1, 0.15) is 39.2 Å². The van der Waals surface area contributed by atoms with Crippen molar-refractivity contribution in [2.24, 2.45) is 5.92 Å². The molecular formula is C17H24F2N2O2. The van der Waals surface area contributed by atoms with E-state index >= 15 is 0 Å². The summed E-state index contributed by atoms with van der Waals surface area (Å²) in [5, 5.41) is 6.01. The Morgan fingerprint density at radius 3 is 2.39 bits per heavy atom. The largest absolute Gasteiger partial charge is 0.444 e. The highest BCUT2D eigenvalue weighted by atomic mass is 19.1. The van der Waals surface area contributed by atoms with Crippen molar-refractivity contribution in [2.75, 3.05) is 6.54 Å². The summed E-state index contributed by atoms with van der Waals surface area (Å²) in [6.07, 6.45) is 1.72. The highest BCUT2D eigenvalue weighted by Crippen LogP contribution is 2.32. The number of hydrogen-bond acceptors (Lipinski definition) is 3. The third kappa shape index (κ3) is 6.52. The van der Waals surface area contributed by atoms with Crippen molar-refractivity contribution in [1.82, 2.24) is 10.6 Å². The van der Waals surface area contributed by atoms with Gasteiger partial charge in [-0.25, -0.2) is 13.6 Å². The SMILES string of the molecule is CC(C)(C)OC(=O)NCC(NCc1cc(F)cc(F)c1)C1CC1. The fourth-order valence-corrected chi connectivity index (χ4v) is 2.37. The van der Waals surface area contributed by atoms with Crippen molar-refractivity contribution >= 4 is 6.09 Å². The smallest absolute Gasteiger partial charge is 0.407 e. The van der Waals surface area contributed by atoms with Gasteiger partial charge in [0.2, 0.25) is 0 Å². The zero-order valence-electron chi connectivity index (χ0n) is 13.8. The molecule has 1 aromatic carbocycles. The Balaban J connectivity index is 1.83. The lowest BCUT2D eigenvalue weighted by Crippen LogP contribution is -2.43. The molecule has 2 rings (SSSR count). The van der Waals surface area contributed by atoms with Gasteiger partial charge in [-0.15, -0.1) is 0 Å². The third-order valence-corrected chi connectivity index (χ3v) is 3.55. The Bertz CT molecular complexity index is 534. The van der Waals surface area contributed by atoms with Gasteiger partial charge in [0.1, 0.15) is 17.2 Å². The second kappa shape index (κ2) is 7.25. The molecule has 23 heavy (non-hydrogen) atoms. The molecule has 0 radical (unpaired) electrons. The average Bonchev–Trinajstić information content (AvgIpc) is 3.19. The van der Waals surface area contributed by atoms with Crippen LogP contribution in [0.15, 0.2) is 18.2 Å². The zero-order valence-corrected chi connectivity index (χ0v) is 13.8. The summed E-state index contributed by atoms with van der Waals surface area (Å²) in [6.45, 7) is 6.20. The van der Waals surface area contributed by atoms with Crippen molar-refractivity contribution in [3.63, 3.8) is 0 Å². The van der Waals surface area contributed by atoms with Gasteiger partial charge < -0.3 is 15.4 Å². The fourth-order valence-electron chi connectivity index (χ4n) is 2.37. The lowest BCUT2D eigenvalue weighted by Gasteiger charge is -2.22. The molecule has 1 aliphatic carbocycles. The van der Waals surface area contributed by atoms with Crippen LogP contribution in [-0.2, 0) is 11.3 Å². The Kier molecular flexibility index (Phi) is 5.57. The van der Waals surface area contributed by atoms with Crippen LogP contribution >= 0.6 is 0 Å². The number of hydrogen-bond donors (Lipinski definition) is 2. The zero-order chi connectivity index (χ0) is 17.0. The van der Waals surface area contributed by atoms with Crippen LogP contribution in [0.25, 0.3) is 0 Å². The van der Waals surface area contributed by atoms with Crippen molar-refractivity contribution in [1.29, 1.82) is 0 Å². The number of rotatable bonds is 6.